The lowest BCUT2D eigenvalue weighted by Gasteiger charge is -2.10. The van der Waals surface area contributed by atoms with Crippen molar-refractivity contribution in [2.45, 2.75) is 4.90 Å². The molecular weight excluding hydrogens is 610 g/mol. The van der Waals surface area contributed by atoms with Crippen LogP contribution in [-0.2, 0) is 4.79 Å². The molecule has 1 N–H and O–H groups in total. The van der Waals surface area contributed by atoms with Gasteiger partial charge in [-0.1, -0.05) is 30.3 Å². The number of halogens is 2. The Labute approximate surface area is 201 Å². The van der Waals surface area contributed by atoms with E-state index in [1.54, 1.807) is 23.9 Å². The number of hydrogen-bond acceptors (Lipinski definition) is 3. The molecule has 0 saturated carbocycles. The third-order valence-electron chi connectivity index (χ3n) is 4.03. The molecule has 0 aliphatic heterocycles. The molecular formula is C23H18I2O3S. The van der Waals surface area contributed by atoms with Gasteiger partial charge in [-0.3, -0.25) is 0 Å². The number of hydrogen-bond donors (Lipinski definition) is 1. The first-order valence-electron chi connectivity index (χ1n) is 8.81. The molecule has 6 heteroatoms. The lowest BCUT2D eigenvalue weighted by atomic mass is 9.98. The van der Waals surface area contributed by atoms with Crippen molar-refractivity contribution in [2.75, 3.05) is 12.4 Å². The highest BCUT2D eigenvalue weighted by Crippen LogP contribution is 2.28. The van der Waals surface area contributed by atoms with Crippen molar-refractivity contribution >= 4 is 68.5 Å². The van der Waals surface area contributed by atoms with Crippen molar-refractivity contribution in [3.05, 3.63) is 97.1 Å². The number of benzene rings is 3. The molecule has 3 aromatic rings. The van der Waals surface area contributed by atoms with Gasteiger partial charge in [0, 0.05) is 17.8 Å². The standard InChI is InChI=1S/C23H18I2O3S/c24-18-5-1-16(2-6-18)22(17-3-7-19(25)8-4-17)13-14-29-21-11-9-20(10-12-21)28-15-23(26)27/h1-13H,14-15H2,(H,26,27). The smallest absolute Gasteiger partial charge is 0.341 e. The van der Waals surface area contributed by atoms with Gasteiger partial charge in [-0.05, 0) is 110 Å². The number of ether oxygens (including phenoxy) is 1. The van der Waals surface area contributed by atoms with Gasteiger partial charge in [0.25, 0.3) is 0 Å². The van der Waals surface area contributed by atoms with E-state index in [9.17, 15) is 4.79 Å². The summed E-state index contributed by atoms with van der Waals surface area (Å²) in [5, 5.41) is 8.68. The summed E-state index contributed by atoms with van der Waals surface area (Å²) >= 11 is 6.37. The van der Waals surface area contributed by atoms with Crippen LogP contribution in [0.1, 0.15) is 11.1 Å². The molecule has 3 aromatic carbocycles. The van der Waals surface area contributed by atoms with E-state index in [2.05, 4.69) is 99.8 Å². The molecule has 0 aliphatic carbocycles. The minimum atomic E-state index is -0.979. The van der Waals surface area contributed by atoms with Gasteiger partial charge in [0.05, 0.1) is 0 Å². The van der Waals surface area contributed by atoms with Crippen LogP contribution in [-0.4, -0.2) is 23.4 Å². The predicted molar refractivity (Wildman–Crippen MR) is 136 cm³/mol. The molecule has 0 amide bonds. The molecule has 0 spiro atoms. The first kappa shape index (κ1) is 22.2. The van der Waals surface area contributed by atoms with Gasteiger partial charge in [-0.15, -0.1) is 11.8 Å². The Hall–Kier alpha value is -1.52. The highest BCUT2D eigenvalue weighted by atomic mass is 127. The van der Waals surface area contributed by atoms with Crippen LogP contribution in [0.3, 0.4) is 0 Å². The van der Waals surface area contributed by atoms with E-state index in [1.165, 1.54) is 23.8 Å². The van der Waals surface area contributed by atoms with E-state index in [4.69, 9.17) is 9.84 Å². The van der Waals surface area contributed by atoms with E-state index in [0.717, 1.165) is 10.6 Å². The van der Waals surface area contributed by atoms with Crippen molar-refractivity contribution in [3.63, 3.8) is 0 Å². The number of carboxylic acids is 1. The molecule has 148 valence electrons. The zero-order chi connectivity index (χ0) is 20.6. The number of aliphatic carboxylic acids is 1. The molecule has 0 unspecified atom stereocenters. The monoisotopic (exact) mass is 628 g/mol. The molecule has 0 atom stereocenters. The first-order chi connectivity index (χ1) is 14.0. The number of carboxylic acid groups (broad SMARTS) is 1. The predicted octanol–water partition coefficient (Wildman–Crippen LogP) is 6.58. The Bertz CT molecular complexity index is 935. The van der Waals surface area contributed by atoms with Crippen LogP contribution in [0.15, 0.2) is 83.8 Å². The van der Waals surface area contributed by atoms with Crippen molar-refractivity contribution in [3.8, 4) is 5.75 Å². The van der Waals surface area contributed by atoms with Crippen molar-refractivity contribution < 1.29 is 14.6 Å². The molecule has 0 aliphatic rings. The van der Waals surface area contributed by atoms with Gasteiger partial charge in [-0.25, -0.2) is 4.79 Å². The average Bonchev–Trinajstić information content (AvgIpc) is 2.72. The first-order valence-corrected chi connectivity index (χ1v) is 11.9. The minimum Gasteiger partial charge on any atom is -0.482 e. The summed E-state index contributed by atoms with van der Waals surface area (Å²) in [5.41, 5.74) is 3.61. The second kappa shape index (κ2) is 11.0. The molecule has 0 bridgehead atoms. The van der Waals surface area contributed by atoms with Gasteiger partial charge < -0.3 is 9.84 Å². The maximum atomic E-state index is 10.6. The fourth-order valence-electron chi connectivity index (χ4n) is 2.66. The molecule has 0 fully saturated rings. The molecule has 29 heavy (non-hydrogen) atoms. The van der Waals surface area contributed by atoms with Crippen LogP contribution >= 0.6 is 56.9 Å². The van der Waals surface area contributed by atoms with Gasteiger partial charge in [-0.2, -0.15) is 0 Å². The summed E-state index contributed by atoms with van der Waals surface area (Å²) in [7, 11) is 0. The van der Waals surface area contributed by atoms with Crippen LogP contribution in [0.4, 0.5) is 0 Å². The quantitative estimate of drug-likeness (QED) is 0.226. The summed E-state index contributed by atoms with van der Waals surface area (Å²) in [6.45, 7) is -0.329. The zero-order valence-corrected chi connectivity index (χ0v) is 20.5. The fraction of sp³-hybridized carbons (Fsp3) is 0.0870. The zero-order valence-electron chi connectivity index (χ0n) is 15.3. The van der Waals surface area contributed by atoms with E-state index < -0.39 is 5.97 Å². The molecule has 0 heterocycles. The Kier molecular flexibility index (Phi) is 8.43. The normalized spacial score (nSPS) is 10.4. The van der Waals surface area contributed by atoms with Crippen LogP contribution in [0.25, 0.3) is 5.57 Å². The van der Waals surface area contributed by atoms with E-state index in [1.807, 2.05) is 12.1 Å². The van der Waals surface area contributed by atoms with Crippen LogP contribution in [0.2, 0.25) is 0 Å². The van der Waals surface area contributed by atoms with E-state index >= 15 is 0 Å². The topological polar surface area (TPSA) is 46.5 Å². The van der Waals surface area contributed by atoms with Crippen LogP contribution < -0.4 is 4.74 Å². The maximum Gasteiger partial charge on any atom is 0.341 e. The minimum absolute atomic E-state index is 0.329. The molecule has 3 nitrogen and oxygen atoms in total. The van der Waals surface area contributed by atoms with Crippen LogP contribution in [0, 0.1) is 7.14 Å². The SMILES string of the molecule is O=C(O)COc1ccc(SCC=C(c2ccc(I)cc2)c2ccc(I)cc2)cc1. The highest BCUT2D eigenvalue weighted by Gasteiger charge is 2.06. The number of thioether (sulfide) groups is 1. The Morgan fingerprint density at radius 3 is 1.86 bits per heavy atom. The van der Waals surface area contributed by atoms with Crippen molar-refractivity contribution in [1.82, 2.24) is 0 Å². The largest absolute Gasteiger partial charge is 0.482 e. The average molecular weight is 628 g/mol. The van der Waals surface area contributed by atoms with Crippen LogP contribution in [0.5, 0.6) is 5.75 Å². The third-order valence-corrected chi connectivity index (χ3v) is 6.41. The molecule has 0 saturated heterocycles. The van der Waals surface area contributed by atoms with E-state index in [0.29, 0.717) is 5.75 Å². The summed E-state index contributed by atoms with van der Waals surface area (Å²) in [4.78, 5) is 11.7. The molecule has 0 aromatic heterocycles. The maximum absolute atomic E-state index is 10.6. The summed E-state index contributed by atoms with van der Waals surface area (Å²) in [6, 6.07) is 24.6. The number of rotatable bonds is 8. The summed E-state index contributed by atoms with van der Waals surface area (Å²) in [5.74, 6) is 0.404. The van der Waals surface area contributed by atoms with Gasteiger partial charge in [0.1, 0.15) is 5.75 Å². The van der Waals surface area contributed by atoms with Crippen molar-refractivity contribution in [1.29, 1.82) is 0 Å². The highest BCUT2D eigenvalue weighted by molar-refractivity contribution is 14.1. The van der Waals surface area contributed by atoms with E-state index in [-0.39, 0.29) is 6.61 Å². The Morgan fingerprint density at radius 1 is 0.862 bits per heavy atom. The van der Waals surface area contributed by atoms with Gasteiger partial charge in [0.2, 0.25) is 0 Å². The summed E-state index contributed by atoms with van der Waals surface area (Å²) < 4.78 is 7.61. The number of carbonyl (C=O) groups is 1. The summed E-state index contributed by atoms with van der Waals surface area (Å²) in [6.07, 6.45) is 2.25. The van der Waals surface area contributed by atoms with Gasteiger partial charge >= 0.3 is 5.97 Å². The second-order valence-corrected chi connectivity index (χ2v) is 9.68. The molecule has 0 radical (unpaired) electrons. The Balaban J connectivity index is 1.73. The van der Waals surface area contributed by atoms with Crippen molar-refractivity contribution in [2.24, 2.45) is 0 Å². The molecule has 3 rings (SSSR count). The fourth-order valence-corrected chi connectivity index (χ4v) is 4.15. The lowest BCUT2D eigenvalue weighted by molar-refractivity contribution is -0.139. The lowest BCUT2D eigenvalue weighted by Crippen LogP contribution is -2.09. The Morgan fingerprint density at radius 2 is 1.38 bits per heavy atom. The van der Waals surface area contributed by atoms with Gasteiger partial charge in [0.15, 0.2) is 6.61 Å². The third kappa shape index (κ3) is 7.04. The second-order valence-electron chi connectivity index (χ2n) is 6.10.